The molecule has 7 nitrogen and oxygen atoms in total. The highest BCUT2D eigenvalue weighted by molar-refractivity contribution is 5.94. The van der Waals surface area contributed by atoms with Crippen molar-refractivity contribution in [3.05, 3.63) is 29.8 Å². The first-order valence-corrected chi connectivity index (χ1v) is 9.70. The maximum absolute atomic E-state index is 12.9. The number of ether oxygens (including phenoxy) is 1. The lowest BCUT2D eigenvalue weighted by Gasteiger charge is -2.30. The van der Waals surface area contributed by atoms with Gasteiger partial charge in [-0.3, -0.25) is 9.59 Å². The van der Waals surface area contributed by atoms with Crippen LogP contribution in [0, 0.1) is 11.8 Å². The lowest BCUT2D eigenvalue weighted by Crippen LogP contribution is -2.37. The molecule has 0 aliphatic carbocycles. The Labute approximate surface area is 160 Å². The van der Waals surface area contributed by atoms with Gasteiger partial charge < -0.3 is 25.4 Å². The molecule has 2 aliphatic heterocycles. The fraction of sp³-hybridized carbons (Fsp3) is 0.600. The SMILES string of the molecule is NC(=O)COc1cccc(C(=O)N2C[C@@H](CN3CCCCC3)[C@@H](CO)C2)c1. The number of hydrogen-bond donors (Lipinski definition) is 2. The Kier molecular flexibility index (Phi) is 6.68. The summed E-state index contributed by atoms with van der Waals surface area (Å²) in [6.45, 7) is 4.28. The Morgan fingerprint density at radius 2 is 1.89 bits per heavy atom. The number of hydrogen-bond acceptors (Lipinski definition) is 5. The summed E-state index contributed by atoms with van der Waals surface area (Å²) in [4.78, 5) is 28.1. The minimum absolute atomic E-state index is 0.0703. The topological polar surface area (TPSA) is 96.1 Å². The fourth-order valence-electron chi connectivity index (χ4n) is 4.05. The number of likely N-dealkylation sites (tertiary alicyclic amines) is 2. The third-order valence-corrected chi connectivity index (χ3v) is 5.50. The summed E-state index contributed by atoms with van der Waals surface area (Å²) in [6.07, 6.45) is 3.76. The third kappa shape index (κ3) is 5.20. The van der Waals surface area contributed by atoms with Gasteiger partial charge in [0.05, 0.1) is 0 Å². The first-order valence-electron chi connectivity index (χ1n) is 9.70. The number of rotatable bonds is 7. The van der Waals surface area contributed by atoms with Crippen LogP contribution in [0.1, 0.15) is 29.6 Å². The zero-order valence-corrected chi connectivity index (χ0v) is 15.7. The van der Waals surface area contributed by atoms with Crippen LogP contribution in [0.5, 0.6) is 5.75 Å². The molecule has 0 saturated carbocycles. The summed E-state index contributed by atoms with van der Waals surface area (Å²) in [5, 5.41) is 9.78. The maximum atomic E-state index is 12.9. The molecule has 2 saturated heterocycles. The van der Waals surface area contributed by atoms with Gasteiger partial charge in [-0.1, -0.05) is 12.5 Å². The lowest BCUT2D eigenvalue weighted by molar-refractivity contribution is -0.119. The van der Waals surface area contributed by atoms with Crippen molar-refractivity contribution in [2.24, 2.45) is 17.6 Å². The van der Waals surface area contributed by atoms with Crippen LogP contribution in [0.3, 0.4) is 0 Å². The van der Waals surface area contributed by atoms with Crippen molar-refractivity contribution in [1.82, 2.24) is 9.80 Å². The minimum Gasteiger partial charge on any atom is -0.484 e. The van der Waals surface area contributed by atoms with Gasteiger partial charge in [0.2, 0.25) is 0 Å². The maximum Gasteiger partial charge on any atom is 0.255 e. The first kappa shape index (κ1) is 19.6. The van der Waals surface area contributed by atoms with Crippen molar-refractivity contribution in [2.45, 2.75) is 19.3 Å². The molecule has 7 heteroatoms. The van der Waals surface area contributed by atoms with E-state index >= 15 is 0 Å². The summed E-state index contributed by atoms with van der Waals surface area (Å²) >= 11 is 0. The highest BCUT2D eigenvalue weighted by Crippen LogP contribution is 2.27. The fourth-order valence-corrected chi connectivity index (χ4v) is 4.05. The largest absolute Gasteiger partial charge is 0.484 e. The molecule has 0 radical (unpaired) electrons. The molecule has 2 heterocycles. The second-order valence-electron chi connectivity index (χ2n) is 7.56. The van der Waals surface area contributed by atoms with Crippen molar-refractivity contribution in [3.63, 3.8) is 0 Å². The van der Waals surface area contributed by atoms with Gasteiger partial charge in [-0.2, -0.15) is 0 Å². The number of amides is 2. The van der Waals surface area contributed by atoms with E-state index < -0.39 is 5.91 Å². The Bertz CT molecular complexity index is 660. The van der Waals surface area contributed by atoms with E-state index in [2.05, 4.69) is 4.90 Å². The molecule has 1 aromatic carbocycles. The van der Waals surface area contributed by atoms with Gasteiger partial charge in [0.15, 0.2) is 6.61 Å². The van der Waals surface area contributed by atoms with Crippen LogP contribution in [-0.2, 0) is 4.79 Å². The number of aliphatic hydroxyl groups excluding tert-OH is 1. The van der Waals surface area contributed by atoms with E-state index in [1.807, 2.05) is 4.90 Å². The smallest absolute Gasteiger partial charge is 0.255 e. The lowest BCUT2D eigenvalue weighted by atomic mass is 9.95. The Hall–Kier alpha value is -2.12. The molecule has 1 aromatic rings. The Morgan fingerprint density at radius 3 is 2.59 bits per heavy atom. The average molecular weight is 375 g/mol. The van der Waals surface area contributed by atoms with Gasteiger partial charge >= 0.3 is 0 Å². The van der Waals surface area contributed by atoms with Gasteiger partial charge in [-0.25, -0.2) is 0 Å². The van der Waals surface area contributed by atoms with Gasteiger partial charge in [0, 0.05) is 37.7 Å². The van der Waals surface area contributed by atoms with Crippen molar-refractivity contribution in [3.8, 4) is 5.75 Å². The second kappa shape index (κ2) is 9.19. The molecular weight excluding hydrogens is 346 g/mol. The minimum atomic E-state index is -0.558. The van der Waals surface area contributed by atoms with Crippen molar-refractivity contribution in [1.29, 1.82) is 0 Å². The van der Waals surface area contributed by atoms with E-state index in [0.29, 0.717) is 30.3 Å². The molecule has 27 heavy (non-hydrogen) atoms. The number of primary amides is 1. The molecule has 0 bridgehead atoms. The quantitative estimate of drug-likeness (QED) is 0.732. The van der Waals surface area contributed by atoms with Crippen LogP contribution < -0.4 is 10.5 Å². The summed E-state index contributed by atoms with van der Waals surface area (Å²) in [7, 11) is 0. The number of nitrogens with zero attached hydrogens (tertiary/aromatic N) is 2. The van der Waals surface area contributed by atoms with Crippen molar-refractivity contribution in [2.75, 3.05) is 45.9 Å². The highest BCUT2D eigenvalue weighted by atomic mass is 16.5. The Morgan fingerprint density at radius 1 is 1.15 bits per heavy atom. The monoisotopic (exact) mass is 375 g/mol. The standard InChI is InChI=1S/C20H29N3O4/c21-19(25)14-27-18-6-4-5-15(9-18)20(26)23-11-16(17(12-23)13-24)10-22-7-2-1-3-8-22/h4-6,9,16-17,24H,1-3,7-8,10-14H2,(H2,21,25)/t16-,17-/m1/s1. The highest BCUT2D eigenvalue weighted by Gasteiger charge is 2.36. The van der Waals surface area contributed by atoms with E-state index in [1.54, 1.807) is 24.3 Å². The van der Waals surface area contributed by atoms with E-state index in [4.69, 9.17) is 10.5 Å². The van der Waals surface area contributed by atoms with Gasteiger partial charge in [0.1, 0.15) is 5.75 Å². The summed E-state index contributed by atoms with van der Waals surface area (Å²) in [5.74, 6) is 0.232. The third-order valence-electron chi connectivity index (χ3n) is 5.50. The average Bonchev–Trinajstić information content (AvgIpc) is 3.09. The van der Waals surface area contributed by atoms with Crippen molar-refractivity contribution < 1.29 is 19.4 Å². The number of carbonyl (C=O) groups is 2. The molecule has 2 amide bonds. The molecule has 2 atom stereocenters. The zero-order valence-electron chi connectivity index (χ0n) is 15.7. The number of aliphatic hydroxyl groups is 1. The van der Waals surface area contributed by atoms with E-state index in [1.165, 1.54) is 19.3 Å². The summed E-state index contributed by atoms with van der Waals surface area (Å²) in [6, 6.07) is 6.80. The zero-order chi connectivity index (χ0) is 19.2. The molecular formula is C20H29N3O4. The summed E-state index contributed by atoms with van der Waals surface area (Å²) in [5.41, 5.74) is 5.61. The molecule has 3 rings (SSSR count). The molecule has 2 fully saturated rings. The van der Waals surface area contributed by atoms with Gasteiger partial charge in [-0.05, 0) is 50.0 Å². The first-order chi connectivity index (χ1) is 13.1. The Balaban J connectivity index is 1.62. The summed E-state index contributed by atoms with van der Waals surface area (Å²) < 4.78 is 5.29. The number of carbonyl (C=O) groups excluding carboxylic acids is 2. The number of nitrogens with two attached hydrogens (primary N) is 1. The number of benzene rings is 1. The molecule has 2 aliphatic rings. The van der Waals surface area contributed by atoms with Crippen molar-refractivity contribution >= 4 is 11.8 Å². The van der Waals surface area contributed by atoms with Gasteiger partial charge in [0.25, 0.3) is 11.8 Å². The van der Waals surface area contributed by atoms with Crippen LogP contribution in [0.4, 0.5) is 0 Å². The van der Waals surface area contributed by atoms with Crippen LogP contribution in [-0.4, -0.2) is 72.7 Å². The molecule has 0 spiro atoms. The van der Waals surface area contributed by atoms with Crippen LogP contribution in [0.15, 0.2) is 24.3 Å². The van der Waals surface area contributed by atoms with Crippen LogP contribution in [0.25, 0.3) is 0 Å². The number of piperidine rings is 1. The van der Waals surface area contributed by atoms with E-state index in [9.17, 15) is 14.7 Å². The molecule has 3 N–H and O–H groups in total. The molecule has 0 aromatic heterocycles. The molecule has 0 unspecified atom stereocenters. The second-order valence-corrected chi connectivity index (χ2v) is 7.56. The van der Waals surface area contributed by atoms with Crippen LogP contribution in [0.2, 0.25) is 0 Å². The predicted molar refractivity (Wildman–Crippen MR) is 101 cm³/mol. The predicted octanol–water partition coefficient (Wildman–Crippen LogP) is 0.717. The van der Waals surface area contributed by atoms with E-state index in [0.717, 1.165) is 19.6 Å². The normalized spacial score (nSPS) is 23.4. The molecule has 148 valence electrons. The van der Waals surface area contributed by atoms with Crippen LogP contribution >= 0.6 is 0 Å². The van der Waals surface area contributed by atoms with E-state index in [-0.39, 0.29) is 25.0 Å². The van der Waals surface area contributed by atoms with Gasteiger partial charge in [-0.15, -0.1) is 0 Å².